The van der Waals surface area contributed by atoms with E-state index in [9.17, 15) is 9.18 Å². The van der Waals surface area contributed by atoms with E-state index in [0.717, 1.165) is 48.8 Å². The highest BCUT2D eigenvalue weighted by molar-refractivity contribution is 5.81. The number of carbonyl (C=O) groups is 1. The Morgan fingerprint density at radius 2 is 1.77 bits per heavy atom. The van der Waals surface area contributed by atoms with E-state index in [0.29, 0.717) is 31.0 Å². The molecule has 1 aromatic heterocycles. The van der Waals surface area contributed by atoms with Gasteiger partial charge >= 0.3 is 0 Å². The molecular weight excluding hydrogens is 379 g/mol. The quantitative estimate of drug-likeness (QED) is 0.768. The Kier molecular flexibility index (Phi) is 5.51. The molecule has 0 atom stereocenters. The highest BCUT2D eigenvalue weighted by atomic mass is 19.1. The number of anilines is 1. The lowest BCUT2D eigenvalue weighted by atomic mass is 9.86. The smallest absolute Gasteiger partial charge is 0.225 e. The number of carbonyl (C=O) groups excluding carboxylic acids is 1. The van der Waals surface area contributed by atoms with E-state index < -0.39 is 0 Å². The highest BCUT2D eigenvalue weighted by Crippen LogP contribution is 2.34. The summed E-state index contributed by atoms with van der Waals surface area (Å²) in [6, 6.07) is 6.92. The molecule has 1 aliphatic heterocycles. The standard InChI is InChI=1S/C24H31FN4O/c1-16-26-21(24(2,3)4)19(15-18-7-5-6-8-20(18)25)22(27-16)28-11-13-29(14-12-28)23(30)17-9-10-17/h5-8,17H,9-15H2,1-4H3. The van der Waals surface area contributed by atoms with Gasteiger partial charge in [0.25, 0.3) is 0 Å². The van der Waals surface area contributed by atoms with Crippen molar-refractivity contribution >= 4 is 11.7 Å². The maximum Gasteiger partial charge on any atom is 0.225 e. The zero-order valence-corrected chi connectivity index (χ0v) is 18.4. The van der Waals surface area contributed by atoms with Crippen LogP contribution in [0.2, 0.25) is 0 Å². The Bertz CT molecular complexity index is 941. The summed E-state index contributed by atoms with van der Waals surface area (Å²) in [7, 11) is 0. The van der Waals surface area contributed by atoms with E-state index in [-0.39, 0.29) is 17.2 Å². The third-order valence-corrected chi connectivity index (χ3v) is 5.95. The van der Waals surface area contributed by atoms with Gasteiger partial charge in [0, 0.05) is 49.5 Å². The predicted octanol–water partition coefficient (Wildman–Crippen LogP) is 3.87. The van der Waals surface area contributed by atoms with Gasteiger partial charge in [-0.2, -0.15) is 0 Å². The third-order valence-electron chi connectivity index (χ3n) is 5.95. The van der Waals surface area contributed by atoms with Crippen molar-refractivity contribution in [3.63, 3.8) is 0 Å². The predicted molar refractivity (Wildman–Crippen MR) is 116 cm³/mol. The minimum absolute atomic E-state index is 0.188. The molecule has 0 unspecified atom stereocenters. The molecule has 0 radical (unpaired) electrons. The zero-order valence-electron chi connectivity index (χ0n) is 18.4. The van der Waals surface area contributed by atoms with Crippen LogP contribution in [0.4, 0.5) is 10.2 Å². The van der Waals surface area contributed by atoms with Gasteiger partial charge in [-0.15, -0.1) is 0 Å². The maximum atomic E-state index is 14.5. The molecule has 6 heteroatoms. The molecule has 1 amide bonds. The first-order valence-corrected chi connectivity index (χ1v) is 10.9. The first kappa shape index (κ1) is 20.8. The zero-order chi connectivity index (χ0) is 21.5. The van der Waals surface area contributed by atoms with Crippen molar-refractivity contribution in [3.8, 4) is 0 Å². The molecule has 1 aromatic carbocycles. The summed E-state index contributed by atoms with van der Waals surface area (Å²) < 4.78 is 14.5. The maximum absolute atomic E-state index is 14.5. The molecule has 1 saturated carbocycles. The number of rotatable bonds is 4. The number of aromatic nitrogens is 2. The number of benzene rings is 1. The second-order valence-electron chi connectivity index (χ2n) is 9.53. The van der Waals surface area contributed by atoms with Crippen LogP contribution in [-0.2, 0) is 16.6 Å². The average Bonchev–Trinajstić information content (AvgIpc) is 3.55. The largest absolute Gasteiger partial charge is 0.353 e. The Labute approximate surface area is 178 Å². The van der Waals surface area contributed by atoms with E-state index in [1.807, 2.05) is 24.0 Å². The van der Waals surface area contributed by atoms with E-state index >= 15 is 0 Å². The summed E-state index contributed by atoms with van der Waals surface area (Å²) in [5, 5.41) is 0. The normalized spacial score (nSPS) is 17.4. The lowest BCUT2D eigenvalue weighted by Crippen LogP contribution is -2.50. The van der Waals surface area contributed by atoms with Crippen LogP contribution < -0.4 is 4.90 Å². The second kappa shape index (κ2) is 7.97. The van der Waals surface area contributed by atoms with Crippen LogP contribution in [0.5, 0.6) is 0 Å². The molecule has 2 aliphatic rings. The number of hydrogen-bond acceptors (Lipinski definition) is 4. The van der Waals surface area contributed by atoms with E-state index in [2.05, 4.69) is 25.7 Å². The minimum atomic E-state index is -0.205. The molecule has 4 rings (SSSR count). The van der Waals surface area contributed by atoms with Gasteiger partial charge in [-0.1, -0.05) is 39.0 Å². The molecule has 2 aromatic rings. The monoisotopic (exact) mass is 410 g/mol. The molecule has 1 saturated heterocycles. The van der Waals surface area contributed by atoms with E-state index in [4.69, 9.17) is 9.97 Å². The minimum Gasteiger partial charge on any atom is -0.353 e. The Hall–Kier alpha value is -2.50. The molecule has 160 valence electrons. The summed E-state index contributed by atoms with van der Waals surface area (Å²) >= 11 is 0. The number of amides is 1. The molecule has 0 bridgehead atoms. The van der Waals surface area contributed by atoms with Crippen molar-refractivity contribution in [2.24, 2.45) is 5.92 Å². The third kappa shape index (κ3) is 4.32. The van der Waals surface area contributed by atoms with Gasteiger partial charge in [-0.05, 0) is 31.4 Å². The summed E-state index contributed by atoms with van der Waals surface area (Å²) in [6.45, 7) is 11.2. The lowest BCUT2D eigenvalue weighted by Gasteiger charge is -2.37. The van der Waals surface area contributed by atoms with Crippen LogP contribution >= 0.6 is 0 Å². The Balaban J connectivity index is 1.67. The van der Waals surface area contributed by atoms with Crippen LogP contribution in [0.1, 0.15) is 56.3 Å². The SMILES string of the molecule is Cc1nc(N2CCN(C(=O)C3CC3)CC2)c(Cc2ccccc2F)c(C(C)(C)C)n1. The molecule has 2 heterocycles. The molecule has 30 heavy (non-hydrogen) atoms. The first-order chi connectivity index (χ1) is 14.2. The molecule has 1 aliphatic carbocycles. The van der Waals surface area contributed by atoms with Crippen LogP contribution in [-0.4, -0.2) is 47.0 Å². The van der Waals surface area contributed by atoms with E-state index in [1.54, 1.807) is 6.07 Å². The topological polar surface area (TPSA) is 49.3 Å². The summed E-state index contributed by atoms with van der Waals surface area (Å²) in [6.07, 6.45) is 2.52. The van der Waals surface area contributed by atoms with Crippen molar-refractivity contribution in [2.45, 2.75) is 52.4 Å². The second-order valence-corrected chi connectivity index (χ2v) is 9.53. The Morgan fingerprint density at radius 1 is 1.10 bits per heavy atom. The molecule has 5 nitrogen and oxygen atoms in total. The number of aryl methyl sites for hydroxylation is 1. The summed E-state index contributed by atoms with van der Waals surface area (Å²) in [5.41, 5.74) is 2.41. The van der Waals surface area contributed by atoms with Crippen molar-refractivity contribution in [1.29, 1.82) is 0 Å². The van der Waals surface area contributed by atoms with Crippen molar-refractivity contribution in [3.05, 3.63) is 52.7 Å². The molecule has 2 fully saturated rings. The molecule has 0 spiro atoms. The summed E-state index contributed by atoms with van der Waals surface area (Å²) in [5.74, 6) is 1.96. The van der Waals surface area contributed by atoms with Gasteiger partial charge in [0.1, 0.15) is 17.5 Å². The van der Waals surface area contributed by atoms with Crippen LogP contribution in [0.25, 0.3) is 0 Å². The van der Waals surface area contributed by atoms with Gasteiger partial charge in [0.05, 0.1) is 5.69 Å². The van der Waals surface area contributed by atoms with Gasteiger partial charge in [-0.25, -0.2) is 14.4 Å². The number of halogens is 1. The Morgan fingerprint density at radius 3 is 2.37 bits per heavy atom. The van der Waals surface area contributed by atoms with Gasteiger partial charge in [-0.3, -0.25) is 4.79 Å². The first-order valence-electron chi connectivity index (χ1n) is 10.9. The highest BCUT2D eigenvalue weighted by Gasteiger charge is 2.35. The fraction of sp³-hybridized carbons (Fsp3) is 0.542. The molecule has 0 N–H and O–H groups in total. The molecular formula is C24H31FN4O. The fourth-order valence-electron chi connectivity index (χ4n) is 4.18. The van der Waals surface area contributed by atoms with Crippen LogP contribution in [0.3, 0.4) is 0 Å². The fourth-order valence-corrected chi connectivity index (χ4v) is 4.18. The number of piperazine rings is 1. The number of hydrogen-bond donors (Lipinski definition) is 0. The van der Waals surface area contributed by atoms with E-state index in [1.165, 1.54) is 6.07 Å². The average molecular weight is 411 g/mol. The van der Waals surface area contributed by atoms with Crippen molar-refractivity contribution < 1.29 is 9.18 Å². The van der Waals surface area contributed by atoms with Gasteiger partial charge in [0.2, 0.25) is 5.91 Å². The lowest BCUT2D eigenvalue weighted by molar-refractivity contribution is -0.132. The van der Waals surface area contributed by atoms with Gasteiger partial charge in [0.15, 0.2) is 0 Å². The van der Waals surface area contributed by atoms with Crippen molar-refractivity contribution in [1.82, 2.24) is 14.9 Å². The van der Waals surface area contributed by atoms with Crippen LogP contribution in [0, 0.1) is 18.7 Å². The number of nitrogens with zero attached hydrogens (tertiary/aromatic N) is 4. The van der Waals surface area contributed by atoms with Gasteiger partial charge < -0.3 is 9.80 Å². The summed E-state index contributed by atoms with van der Waals surface area (Å²) in [4.78, 5) is 26.2. The van der Waals surface area contributed by atoms with Crippen molar-refractivity contribution in [2.75, 3.05) is 31.1 Å². The van der Waals surface area contributed by atoms with Crippen LogP contribution in [0.15, 0.2) is 24.3 Å².